The first-order valence-corrected chi connectivity index (χ1v) is 5.67. The molecule has 2 fully saturated rings. The first-order valence-electron chi connectivity index (χ1n) is 5.67. The number of carbonyl (C=O) groups is 1. The average Bonchev–Trinajstić information content (AvgIpc) is 2.47. The summed E-state index contributed by atoms with van der Waals surface area (Å²) >= 11 is 0. The largest absolute Gasteiger partial charge is 0.381 e. The molecule has 1 atom stereocenters. The van der Waals surface area contributed by atoms with Crippen LogP contribution in [0.15, 0.2) is 0 Å². The number of hydrogen-bond acceptors (Lipinski definition) is 2. The first-order chi connectivity index (χ1) is 6.87. The van der Waals surface area contributed by atoms with Crippen LogP contribution in [-0.4, -0.2) is 36.6 Å². The van der Waals surface area contributed by atoms with Gasteiger partial charge in [0, 0.05) is 25.3 Å². The molecule has 0 N–H and O–H groups in total. The Kier molecular flexibility index (Phi) is 4.39. The van der Waals surface area contributed by atoms with Crippen molar-refractivity contribution in [1.82, 2.24) is 4.90 Å². The summed E-state index contributed by atoms with van der Waals surface area (Å²) in [5.41, 5.74) is 0.193. The lowest BCUT2D eigenvalue weighted by Gasteiger charge is -2.50. The monoisotopic (exact) mass is 199 g/mol. The minimum atomic E-state index is 0.193. The molecule has 14 heavy (non-hydrogen) atoms. The van der Waals surface area contributed by atoms with Crippen LogP contribution in [0.5, 0.6) is 0 Å². The highest BCUT2D eigenvalue weighted by molar-refractivity contribution is 5.51. The second kappa shape index (κ2) is 5.35. The Morgan fingerprint density at radius 3 is 2.57 bits per heavy atom. The predicted molar refractivity (Wildman–Crippen MR) is 56.1 cm³/mol. The Morgan fingerprint density at radius 2 is 2.00 bits per heavy atom. The molecule has 2 rings (SSSR count). The molecule has 82 valence electrons. The summed E-state index contributed by atoms with van der Waals surface area (Å²) < 4.78 is 5.38. The maximum atomic E-state index is 10.7. The third-order valence-electron chi connectivity index (χ3n) is 3.20. The Hall–Kier alpha value is -0.570. The molecule has 2 aliphatic heterocycles. The van der Waals surface area contributed by atoms with E-state index in [0.29, 0.717) is 0 Å². The van der Waals surface area contributed by atoms with E-state index in [2.05, 4.69) is 0 Å². The van der Waals surface area contributed by atoms with E-state index in [1.54, 1.807) is 0 Å². The molecule has 0 radical (unpaired) electrons. The molecular weight excluding hydrogens is 178 g/mol. The lowest BCUT2D eigenvalue weighted by atomic mass is 9.79. The summed E-state index contributed by atoms with van der Waals surface area (Å²) in [6.45, 7) is 6.64. The van der Waals surface area contributed by atoms with Gasteiger partial charge in [-0.1, -0.05) is 13.8 Å². The van der Waals surface area contributed by atoms with E-state index in [1.807, 2.05) is 18.7 Å². The number of hydrogen-bond donors (Lipinski definition) is 0. The van der Waals surface area contributed by atoms with E-state index < -0.39 is 0 Å². The molecule has 0 aromatic rings. The number of rotatable bonds is 1. The summed E-state index contributed by atoms with van der Waals surface area (Å²) in [4.78, 5) is 12.6. The predicted octanol–water partition coefficient (Wildman–Crippen LogP) is 1.81. The van der Waals surface area contributed by atoms with Crippen LogP contribution in [0.2, 0.25) is 0 Å². The third kappa shape index (κ3) is 2.08. The normalized spacial score (nSPS) is 31.1. The second-order valence-corrected chi connectivity index (χ2v) is 3.74. The standard InChI is InChI=1S/C9H15NO2.C2H6/c11-8-10-5-3-9(10)2-1-6-12-7-4-9;1-2/h8H,1-7H2;1-2H3. The van der Waals surface area contributed by atoms with Gasteiger partial charge in [-0.3, -0.25) is 4.79 Å². The van der Waals surface area contributed by atoms with Crippen LogP contribution < -0.4 is 0 Å². The van der Waals surface area contributed by atoms with Crippen LogP contribution in [0.3, 0.4) is 0 Å². The van der Waals surface area contributed by atoms with E-state index in [0.717, 1.165) is 45.4 Å². The van der Waals surface area contributed by atoms with Gasteiger partial charge in [0.05, 0.1) is 0 Å². The van der Waals surface area contributed by atoms with E-state index in [1.165, 1.54) is 6.42 Å². The quantitative estimate of drug-likeness (QED) is 0.603. The number of ether oxygens (including phenoxy) is 1. The fraction of sp³-hybridized carbons (Fsp3) is 0.909. The van der Waals surface area contributed by atoms with E-state index >= 15 is 0 Å². The van der Waals surface area contributed by atoms with Crippen LogP contribution in [0, 0.1) is 0 Å². The fourth-order valence-corrected chi connectivity index (χ4v) is 2.25. The molecule has 0 aromatic heterocycles. The maximum Gasteiger partial charge on any atom is 0.210 e. The van der Waals surface area contributed by atoms with Gasteiger partial charge in [0.25, 0.3) is 0 Å². The van der Waals surface area contributed by atoms with E-state index in [-0.39, 0.29) is 5.54 Å². The van der Waals surface area contributed by atoms with Crippen molar-refractivity contribution < 1.29 is 9.53 Å². The number of nitrogens with zero attached hydrogens (tertiary/aromatic N) is 1. The highest BCUT2D eigenvalue weighted by atomic mass is 16.5. The lowest BCUT2D eigenvalue weighted by molar-refractivity contribution is -0.134. The summed E-state index contributed by atoms with van der Waals surface area (Å²) in [5, 5.41) is 0. The van der Waals surface area contributed by atoms with Gasteiger partial charge in [0.1, 0.15) is 0 Å². The molecule has 2 heterocycles. The van der Waals surface area contributed by atoms with E-state index in [9.17, 15) is 4.79 Å². The van der Waals surface area contributed by atoms with Gasteiger partial charge in [0.2, 0.25) is 6.41 Å². The van der Waals surface area contributed by atoms with Gasteiger partial charge >= 0.3 is 0 Å². The zero-order valence-corrected chi connectivity index (χ0v) is 9.29. The van der Waals surface area contributed by atoms with Crippen molar-refractivity contribution in [3.63, 3.8) is 0 Å². The molecule has 1 unspecified atom stereocenters. The molecule has 2 saturated heterocycles. The average molecular weight is 199 g/mol. The van der Waals surface area contributed by atoms with Gasteiger partial charge in [-0.2, -0.15) is 0 Å². The molecule has 2 aliphatic rings. The summed E-state index contributed by atoms with van der Waals surface area (Å²) in [5.74, 6) is 0. The molecule has 1 spiro atoms. The van der Waals surface area contributed by atoms with Crippen molar-refractivity contribution in [1.29, 1.82) is 0 Å². The molecule has 3 nitrogen and oxygen atoms in total. The second-order valence-electron chi connectivity index (χ2n) is 3.74. The van der Waals surface area contributed by atoms with Crippen molar-refractivity contribution in [2.75, 3.05) is 19.8 Å². The highest BCUT2D eigenvalue weighted by Gasteiger charge is 2.43. The van der Waals surface area contributed by atoms with Crippen LogP contribution in [0.4, 0.5) is 0 Å². The van der Waals surface area contributed by atoms with E-state index in [4.69, 9.17) is 4.74 Å². The van der Waals surface area contributed by atoms with Crippen molar-refractivity contribution in [3.8, 4) is 0 Å². The van der Waals surface area contributed by atoms with Gasteiger partial charge in [-0.05, 0) is 25.7 Å². The maximum absolute atomic E-state index is 10.7. The van der Waals surface area contributed by atoms with Crippen molar-refractivity contribution in [3.05, 3.63) is 0 Å². The topological polar surface area (TPSA) is 29.5 Å². The van der Waals surface area contributed by atoms with Crippen LogP contribution in [0.1, 0.15) is 39.5 Å². The van der Waals surface area contributed by atoms with Crippen LogP contribution in [-0.2, 0) is 9.53 Å². The Labute approximate surface area is 86.4 Å². The fourth-order valence-electron chi connectivity index (χ4n) is 2.25. The lowest BCUT2D eigenvalue weighted by Crippen LogP contribution is -2.59. The molecule has 0 bridgehead atoms. The summed E-state index contributed by atoms with van der Waals surface area (Å²) in [7, 11) is 0. The van der Waals surface area contributed by atoms with Gasteiger partial charge in [-0.25, -0.2) is 0 Å². The number of likely N-dealkylation sites (tertiary alicyclic amines) is 1. The Bertz CT molecular complexity index is 174. The molecule has 1 amide bonds. The zero-order valence-electron chi connectivity index (χ0n) is 9.29. The number of carbonyl (C=O) groups excluding carboxylic acids is 1. The smallest absolute Gasteiger partial charge is 0.210 e. The highest BCUT2D eigenvalue weighted by Crippen LogP contribution is 2.37. The molecule has 3 heteroatoms. The minimum absolute atomic E-state index is 0.193. The summed E-state index contributed by atoms with van der Waals surface area (Å²) in [6, 6.07) is 0. The molecule has 0 aromatic carbocycles. The first kappa shape index (κ1) is 11.5. The Morgan fingerprint density at radius 1 is 1.21 bits per heavy atom. The van der Waals surface area contributed by atoms with Crippen molar-refractivity contribution in [2.24, 2.45) is 0 Å². The third-order valence-corrected chi connectivity index (χ3v) is 3.20. The van der Waals surface area contributed by atoms with Crippen molar-refractivity contribution >= 4 is 6.41 Å². The zero-order chi connectivity index (χ0) is 10.4. The molecule has 0 saturated carbocycles. The minimum Gasteiger partial charge on any atom is -0.381 e. The SMILES string of the molecule is CC.O=CN1CCC12CCCOCC2. The van der Waals surface area contributed by atoms with Crippen molar-refractivity contribution in [2.45, 2.75) is 45.1 Å². The van der Waals surface area contributed by atoms with Crippen LogP contribution in [0.25, 0.3) is 0 Å². The van der Waals surface area contributed by atoms with Crippen LogP contribution >= 0.6 is 0 Å². The van der Waals surface area contributed by atoms with Gasteiger partial charge in [-0.15, -0.1) is 0 Å². The molecule has 0 aliphatic carbocycles. The number of amides is 1. The van der Waals surface area contributed by atoms with Gasteiger partial charge < -0.3 is 9.64 Å². The van der Waals surface area contributed by atoms with Gasteiger partial charge in [0.15, 0.2) is 0 Å². The Balaban J connectivity index is 0.000000461. The molecular formula is C11H21NO2. The summed E-state index contributed by atoms with van der Waals surface area (Å²) in [6.07, 6.45) is 5.44.